The summed E-state index contributed by atoms with van der Waals surface area (Å²) in [7, 11) is 0. The van der Waals surface area contributed by atoms with E-state index in [9.17, 15) is 4.79 Å². The molecule has 0 saturated carbocycles. The average Bonchev–Trinajstić information content (AvgIpc) is 1.95. The van der Waals surface area contributed by atoms with Crippen molar-refractivity contribution in [3.8, 4) is 0 Å². The van der Waals surface area contributed by atoms with Crippen molar-refractivity contribution in [2.45, 2.75) is 13.3 Å². The van der Waals surface area contributed by atoms with E-state index in [4.69, 9.17) is 5.73 Å². The van der Waals surface area contributed by atoms with Crippen LogP contribution in [0.2, 0.25) is 0 Å². The van der Waals surface area contributed by atoms with Crippen molar-refractivity contribution >= 4 is 5.69 Å². The first kappa shape index (κ1) is 6.86. The Balaban J connectivity index is 3.17. The van der Waals surface area contributed by atoms with Gasteiger partial charge in [0.15, 0.2) is 0 Å². The summed E-state index contributed by atoms with van der Waals surface area (Å²) in [4.78, 5) is 13.5. The first-order chi connectivity index (χ1) is 4.74. The third-order valence-corrected chi connectivity index (χ3v) is 1.38. The quantitative estimate of drug-likeness (QED) is 0.594. The minimum Gasteiger partial charge on any atom is -0.394 e. The largest absolute Gasteiger partial charge is 0.394 e. The monoisotopic (exact) mass is 138 g/mol. The molecule has 0 fully saturated rings. The maximum atomic E-state index is 10.8. The zero-order valence-electron chi connectivity index (χ0n) is 5.85. The number of aryl methyl sites for hydroxylation is 1. The molecule has 0 radical (unpaired) electrons. The van der Waals surface area contributed by atoms with Crippen LogP contribution in [-0.4, -0.2) is 4.98 Å². The van der Waals surface area contributed by atoms with Crippen molar-refractivity contribution < 1.29 is 0 Å². The second kappa shape index (κ2) is 2.56. The smallest absolute Gasteiger partial charge is 0.271 e. The summed E-state index contributed by atoms with van der Waals surface area (Å²) in [5.41, 5.74) is 6.30. The van der Waals surface area contributed by atoms with Gasteiger partial charge in [-0.2, -0.15) is 0 Å². The van der Waals surface area contributed by atoms with Gasteiger partial charge in [0.1, 0.15) is 0 Å². The van der Waals surface area contributed by atoms with Gasteiger partial charge in [0, 0.05) is 5.69 Å². The van der Waals surface area contributed by atoms with E-state index in [-0.39, 0.29) is 11.2 Å². The van der Waals surface area contributed by atoms with E-state index in [0.717, 1.165) is 12.1 Å². The lowest BCUT2D eigenvalue weighted by Crippen LogP contribution is -2.12. The van der Waals surface area contributed by atoms with Gasteiger partial charge in [-0.3, -0.25) is 4.79 Å². The molecule has 0 aliphatic heterocycles. The molecule has 0 atom stereocenters. The zero-order valence-corrected chi connectivity index (χ0v) is 5.85. The van der Waals surface area contributed by atoms with E-state index in [1.54, 1.807) is 6.07 Å². The van der Waals surface area contributed by atoms with Crippen LogP contribution in [0.15, 0.2) is 16.9 Å². The third-order valence-electron chi connectivity index (χ3n) is 1.38. The van der Waals surface area contributed by atoms with Gasteiger partial charge in [-0.1, -0.05) is 6.92 Å². The number of hydrogen-bond acceptors (Lipinski definition) is 2. The van der Waals surface area contributed by atoms with Crippen molar-refractivity contribution in [2.75, 3.05) is 5.73 Å². The molecule has 1 rings (SSSR count). The molecule has 0 spiro atoms. The summed E-state index contributed by atoms with van der Waals surface area (Å²) in [5.74, 6) is 0. The molecule has 0 aliphatic carbocycles. The van der Waals surface area contributed by atoms with Gasteiger partial charge in [0.05, 0.1) is 5.69 Å². The summed E-state index contributed by atoms with van der Waals surface area (Å²) in [6.07, 6.45) is 0.829. The first-order valence-electron chi connectivity index (χ1n) is 3.21. The Morgan fingerprint density at radius 3 is 2.80 bits per heavy atom. The molecule has 0 bridgehead atoms. The highest BCUT2D eigenvalue weighted by Gasteiger charge is 1.92. The molecule has 1 aromatic heterocycles. The van der Waals surface area contributed by atoms with Crippen LogP contribution in [0.4, 0.5) is 5.69 Å². The van der Waals surface area contributed by atoms with Gasteiger partial charge in [0.2, 0.25) is 0 Å². The second-order valence-corrected chi connectivity index (χ2v) is 2.12. The molecule has 0 amide bonds. The van der Waals surface area contributed by atoms with Gasteiger partial charge in [-0.15, -0.1) is 0 Å². The van der Waals surface area contributed by atoms with Crippen LogP contribution in [0.25, 0.3) is 0 Å². The van der Waals surface area contributed by atoms with Crippen LogP contribution in [-0.2, 0) is 6.42 Å². The molecule has 3 N–H and O–H groups in total. The number of anilines is 1. The molecule has 3 nitrogen and oxygen atoms in total. The number of hydrogen-bond donors (Lipinski definition) is 2. The number of H-pyrrole nitrogens is 1. The minimum atomic E-state index is -0.195. The Labute approximate surface area is 58.9 Å². The van der Waals surface area contributed by atoms with Gasteiger partial charge in [0.25, 0.3) is 5.56 Å². The van der Waals surface area contributed by atoms with Crippen LogP contribution in [0.1, 0.15) is 12.6 Å². The minimum absolute atomic E-state index is 0.195. The maximum absolute atomic E-state index is 10.8. The number of nitrogens with one attached hydrogen (secondary N) is 1. The molecule has 0 saturated heterocycles. The van der Waals surface area contributed by atoms with Gasteiger partial charge in [-0.05, 0) is 18.6 Å². The Morgan fingerprint density at radius 1 is 1.60 bits per heavy atom. The number of nitrogen functional groups attached to an aromatic ring is 1. The van der Waals surface area contributed by atoms with Gasteiger partial charge in [-0.25, -0.2) is 0 Å². The van der Waals surface area contributed by atoms with E-state index in [0.29, 0.717) is 0 Å². The summed E-state index contributed by atoms with van der Waals surface area (Å²) in [5, 5.41) is 0. The predicted molar refractivity (Wildman–Crippen MR) is 40.9 cm³/mol. The summed E-state index contributed by atoms with van der Waals surface area (Å²) in [6, 6.07) is 3.44. The number of aromatic amines is 1. The number of rotatable bonds is 1. The van der Waals surface area contributed by atoms with E-state index >= 15 is 0 Å². The normalized spacial score (nSPS) is 9.70. The number of nitrogens with two attached hydrogens (primary N) is 1. The first-order valence-corrected chi connectivity index (χ1v) is 3.21. The Kier molecular flexibility index (Phi) is 1.76. The number of pyridine rings is 1. The lowest BCUT2D eigenvalue weighted by molar-refractivity contribution is 1.01. The van der Waals surface area contributed by atoms with Gasteiger partial charge < -0.3 is 10.7 Å². The van der Waals surface area contributed by atoms with E-state index in [1.165, 1.54) is 0 Å². The topological polar surface area (TPSA) is 58.9 Å². The van der Waals surface area contributed by atoms with Crippen LogP contribution >= 0.6 is 0 Å². The lowest BCUT2D eigenvalue weighted by Gasteiger charge is -1.95. The Bertz CT molecular complexity index is 277. The summed E-state index contributed by atoms with van der Waals surface area (Å²) >= 11 is 0. The Morgan fingerprint density at radius 2 is 2.30 bits per heavy atom. The fraction of sp³-hybridized carbons (Fsp3) is 0.286. The molecule has 10 heavy (non-hydrogen) atoms. The molecule has 1 heterocycles. The van der Waals surface area contributed by atoms with Crippen LogP contribution in [0.5, 0.6) is 0 Å². The fourth-order valence-electron chi connectivity index (χ4n) is 0.732. The highest BCUT2D eigenvalue weighted by molar-refractivity contribution is 5.34. The molecule has 0 aliphatic rings. The van der Waals surface area contributed by atoms with E-state index in [1.807, 2.05) is 13.0 Å². The molecular weight excluding hydrogens is 128 g/mol. The standard InChI is InChI=1S/C7H10N2O/c1-2-5-3-4-6(8)7(10)9-5/h3-4H,2,8H2,1H3,(H,9,10). The SMILES string of the molecule is CCc1ccc(N)c(=O)[nH]1. The second-order valence-electron chi connectivity index (χ2n) is 2.12. The predicted octanol–water partition coefficient (Wildman–Crippen LogP) is 0.520. The average molecular weight is 138 g/mol. The molecule has 3 heteroatoms. The molecule has 1 aromatic rings. The van der Waals surface area contributed by atoms with E-state index in [2.05, 4.69) is 4.98 Å². The van der Waals surface area contributed by atoms with Gasteiger partial charge >= 0.3 is 0 Å². The number of aromatic nitrogens is 1. The van der Waals surface area contributed by atoms with Crippen molar-refractivity contribution in [1.82, 2.24) is 4.98 Å². The molecule has 0 aromatic carbocycles. The van der Waals surface area contributed by atoms with Crippen molar-refractivity contribution in [3.63, 3.8) is 0 Å². The molecule has 54 valence electrons. The van der Waals surface area contributed by atoms with Crippen LogP contribution in [0.3, 0.4) is 0 Å². The maximum Gasteiger partial charge on any atom is 0.271 e. The van der Waals surface area contributed by atoms with Crippen molar-refractivity contribution in [3.05, 3.63) is 28.2 Å². The highest BCUT2D eigenvalue weighted by atomic mass is 16.1. The summed E-state index contributed by atoms with van der Waals surface area (Å²) < 4.78 is 0. The zero-order chi connectivity index (χ0) is 7.56. The molecule has 0 unspecified atom stereocenters. The fourth-order valence-corrected chi connectivity index (χ4v) is 0.732. The summed E-state index contributed by atoms with van der Waals surface area (Å²) in [6.45, 7) is 1.97. The third kappa shape index (κ3) is 1.18. The van der Waals surface area contributed by atoms with Crippen molar-refractivity contribution in [1.29, 1.82) is 0 Å². The lowest BCUT2D eigenvalue weighted by atomic mass is 10.3. The van der Waals surface area contributed by atoms with Crippen LogP contribution in [0, 0.1) is 0 Å². The highest BCUT2D eigenvalue weighted by Crippen LogP contribution is 1.94. The Hall–Kier alpha value is -1.25. The van der Waals surface area contributed by atoms with E-state index < -0.39 is 0 Å². The van der Waals surface area contributed by atoms with Crippen LogP contribution < -0.4 is 11.3 Å². The van der Waals surface area contributed by atoms with Crippen molar-refractivity contribution in [2.24, 2.45) is 0 Å². The molecular formula is C7H10N2O.